The molecule has 3 N–H and O–H groups in total. The first kappa shape index (κ1) is 42.2. The summed E-state index contributed by atoms with van der Waals surface area (Å²) in [5, 5.41) is 0. The minimum absolute atomic E-state index is 0.0100. The van der Waals surface area contributed by atoms with Crippen molar-refractivity contribution < 1.29 is 69.5 Å². The Morgan fingerprint density at radius 2 is 1.72 bits per heavy atom. The van der Waals surface area contributed by atoms with Gasteiger partial charge in [0.2, 0.25) is 5.91 Å². The van der Waals surface area contributed by atoms with Gasteiger partial charge in [0.1, 0.15) is 42.0 Å². The summed E-state index contributed by atoms with van der Waals surface area (Å²) in [5.41, 5.74) is 8.74. The second-order valence-corrected chi connectivity index (χ2v) is 19.6. The van der Waals surface area contributed by atoms with Gasteiger partial charge < -0.3 is 24.8 Å². The first-order chi connectivity index (χ1) is 28.6. The van der Waals surface area contributed by atoms with Gasteiger partial charge in [0.15, 0.2) is 42.0 Å². The molecular weight excluding hydrogens is 856 g/mol. The lowest BCUT2D eigenvalue weighted by Crippen LogP contribution is -2.46. The number of rotatable bonds is 7. The molecule has 3 fully saturated rings. The lowest BCUT2D eigenvalue weighted by molar-refractivity contribution is -0.148. The maximum atomic E-state index is 16.7. The molecular formula is C36H36F2N6O13P2S. The fourth-order valence-corrected chi connectivity index (χ4v) is 11.3. The third kappa shape index (κ3) is 8.67. The summed E-state index contributed by atoms with van der Waals surface area (Å²) in [6, 6.07) is 11.5. The van der Waals surface area contributed by atoms with Crippen molar-refractivity contribution in [3.05, 3.63) is 89.6 Å². The molecule has 4 aliphatic heterocycles. The first-order valence-corrected chi connectivity index (χ1v) is 22.9. The number of nitrogen functional groups attached to an aromatic ring is 1. The molecule has 2 bridgehead atoms. The van der Waals surface area contributed by atoms with Crippen molar-refractivity contribution in [2.45, 2.75) is 75.2 Å². The number of nitrogens with zero attached hydrogens (tertiary/aromatic N) is 5. The smallest absolute Gasteiger partial charge is 0.423 e. The molecule has 4 aliphatic rings. The number of carbonyl (C=O) groups is 3. The van der Waals surface area contributed by atoms with Gasteiger partial charge in [-0.3, -0.25) is 37.2 Å². The van der Waals surface area contributed by atoms with Gasteiger partial charge in [-0.05, 0) is 60.6 Å². The van der Waals surface area contributed by atoms with Gasteiger partial charge in [-0.25, -0.2) is 37.7 Å². The second-order valence-electron chi connectivity index (χ2n) is 14.1. The van der Waals surface area contributed by atoms with Crippen molar-refractivity contribution in [1.29, 1.82) is 0 Å². The summed E-state index contributed by atoms with van der Waals surface area (Å²) in [7, 11) is -5.28. The molecule has 318 valence electrons. The van der Waals surface area contributed by atoms with Gasteiger partial charge in [-0.15, -0.1) is 0 Å². The Bertz CT molecular complexity index is 2460. The quantitative estimate of drug-likeness (QED) is 0.109. The zero-order valence-corrected chi connectivity index (χ0v) is 34.1. The number of imidazole rings is 1. The van der Waals surface area contributed by atoms with Crippen LogP contribution >= 0.6 is 26.0 Å². The minimum atomic E-state index is -5.28. The summed E-state index contributed by atoms with van der Waals surface area (Å²) in [6.07, 6.45) is -11.1. The number of phosphoric acid groups is 1. The molecule has 24 heteroatoms. The number of ether oxygens (including phenoxy) is 3. The van der Waals surface area contributed by atoms with Crippen LogP contribution in [0.5, 0.6) is 5.75 Å². The Balaban J connectivity index is 1.07. The predicted molar refractivity (Wildman–Crippen MR) is 205 cm³/mol. The van der Waals surface area contributed by atoms with Gasteiger partial charge in [0.05, 0.1) is 31.5 Å². The number of carbonyl (C=O) groups excluding carboxylic acids is 3. The highest BCUT2D eigenvalue weighted by Crippen LogP contribution is 2.64. The van der Waals surface area contributed by atoms with Gasteiger partial charge in [-0.1, -0.05) is 29.8 Å². The number of nitrogens with two attached hydrogens (primary N) is 1. The van der Waals surface area contributed by atoms with E-state index < -0.39 is 101 Å². The lowest BCUT2D eigenvalue weighted by Gasteiger charge is -2.31. The topological polar surface area (TPSA) is 243 Å². The summed E-state index contributed by atoms with van der Waals surface area (Å²) in [5.74, 6) is -1.82. The molecule has 0 spiro atoms. The molecule has 1 unspecified atom stereocenters. The normalized spacial score (nSPS) is 32.3. The van der Waals surface area contributed by atoms with E-state index in [4.69, 9.17) is 38.0 Å². The Morgan fingerprint density at radius 1 is 0.967 bits per heavy atom. The summed E-state index contributed by atoms with van der Waals surface area (Å²) >= 11 is 0.597. The number of benzene rings is 2. The van der Waals surface area contributed by atoms with E-state index in [1.54, 1.807) is 31.2 Å². The van der Waals surface area contributed by atoms with Crippen LogP contribution in [-0.2, 0) is 52.0 Å². The number of alkyl halides is 2. The van der Waals surface area contributed by atoms with Crippen molar-refractivity contribution in [2.75, 3.05) is 18.9 Å². The Hall–Kier alpha value is -4.47. The van der Waals surface area contributed by atoms with E-state index >= 15 is 8.78 Å². The zero-order chi connectivity index (χ0) is 42.5. The second kappa shape index (κ2) is 16.8. The van der Waals surface area contributed by atoms with E-state index in [-0.39, 0.29) is 28.5 Å². The Kier molecular flexibility index (Phi) is 11.8. The predicted octanol–water partition coefficient (Wildman–Crippen LogP) is 4.82. The maximum Gasteiger partial charge on any atom is 0.472 e. The molecule has 6 heterocycles. The highest BCUT2D eigenvalue weighted by molar-refractivity contribution is 8.54. The molecule has 10 atom stereocenters. The first-order valence-electron chi connectivity index (χ1n) is 18.2. The fourth-order valence-electron chi connectivity index (χ4n) is 6.95. The standard InChI is InChI=1S/C36H36F2N6O13P2S/c1-18-3-8-23(19(2)11-18)36(47)53-22-6-4-20(5-7-22)15-60-59(50)52-13-24-27(37)31(35(54-24)43-10-9-21(45)12-26(43)46)56-58(48,49)51-14-25-30(57-59)28(38)34(55-25)44-17-42-29-32(39)40-16-41-33(29)44/h3-11,16-17,24-25,27-28,30-31,34-35H,12-15H2,1-2H3,(H,48,49)(H2,39,40,41)/t24-,25-,27-,28-,30-,31-,34-,35-,59-/m1/s1. The molecule has 0 aliphatic carbocycles. The van der Waals surface area contributed by atoms with Crippen molar-refractivity contribution >= 4 is 60.6 Å². The number of halogens is 2. The number of phosphoric ester groups is 1. The van der Waals surface area contributed by atoms with Gasteiger partial charge >= 0.3 is 20.6 Å². The zero-order valence-electron chi connectivity index (χ0n) is 31.5. The van der Waals surface area contributed by atoms with E-state index in [1.807, 2.05) is 13.0 Å². The summed E-state index contributed by atoms with van der Waals surface area (Å²) in [6.45, 7) is -2.71. The van der Waals surface area contributed by atoms with Crippen LogP contribution in [0, 0.1) is 13.8 Å². The van der Waals surface area contributed by atoms with Crippen LogP contribution < -0.4 is 10.5 Å². The van der Waals surface area contributed by atoms with Crippen LogP contribution in [0.3, 0.4) is 0 Å². The largest absolute Gasteiger partial charge is 0.472 e. The minimum Gasteiger partial charge on any atom is -0.423 e. The molecule has 19 nitrogen and oxygen atoms in total. The van der Waals surface area contributed by atoms with Gasteiger partial charge in [0.25, 0.3) is 0 Å². The van der Waals surface area contributed by atoms with Crippen molar-refractivity contribution in [1.82, 2.24) is 24.4 Å². The Labute approximate surface area is 343 Å². The molecule has 8 rings (SSSR count). The van der Waals surface area contributed by atoms with Crippen LogP contribution in [-0.4, -0.2) is 103 Å². The van der Waals surface area contributed by atoms with E-state index in [2.05, 4.69) is 15.0 Å². The van der Waals surface area contributed by atoms with Gasteiger partial charge in [-0.2, -0.15) is 0 Å². The number of allylic oxidation sites excluding steroid dienone is 1. The number of ketones is 1. The average Bonchev–Trinajstić information content (AvgIpc) is 3.86. The van der Waals surface area contributed by atoms with Crippen LogP contribution in [0.1, 0.15) is 39.7 Å². The van der Waals surface area contributed by atoms with E-state index in [1.165, 1.54) is 23.0 Å². The number of fused-ring (bicyclic) bond motifs is 4. The summed E-state index contributed by atoms with van der Waals surface area (Å²) in [4.78, 5) is 61.3. The lowest BCUT2D eigenvalue weighted by atomic mass is 10.1. The monoisotopic (exact) mass is 892 g/mol. The maximum absolute atomic E-state index is 16.7. The van der Waals surface area contributed by atoms with E-state index in [9.17, 15) is 28.4 Å². The van der Waals surface area contributed by atoms with Crippen molar-refractivity contribution in [3.8, 4) is 5.75 Å². The fraction of sp³-hybridized carbons (Fsp3) is 0.389. The molecule has 4 aromatic rings. The number of amides is 1. The van der Waals surface area contributed by atoms with Crippen LogP contribution in [0.15, 0.2) is 67.4 Å². The molecule has 0 radical (unpaired) electrons. The average molecular weight is 893 g/mol. The van der Waals surface area contributed by atoms with Crippen molar-refractivity contribution in [2.24, 2.45) is 0 Å². The molecule has 0 saturated carbocycles. The van der Waals surface area contributed by atoms with E-state index in [0.29, 0.717) is 22.5 Å². The highest BCUT2D eigenvalue weighted by Gasteiger charge is 2.56. The molecule has 3 saturated heterocycles. The highest BCUT2D eigenvalue weighted by atomic mass is 32.7. The number of aryl methyl sites for hydroxylation is 2. The number of aromatic nitrogens is 4. The van der Waals surface area contributed by atoms with E-state index in [0.717, 1.165) is 34.6 Å². The number of hydrogen-bond acceptors (Lipinski definition) is 17. The van der Waals surface area contributed by atoms with Crippen LogP contribution in [0.2, 0.25) is 0 Å². The SMILES string of the molecule is Cc1ccc(C(=O)Oc2ccc(CS[P@]3(=O)OC[C@H]4O[C@@H](N5C=CC(=O)CC5=O)[C@H](OP(=O)(O)OC[C@H]5O[C@@H](n6cnc7c(N)ncnc76)[C@H](F)[C@@H]5O3)[C@@H]4F)cc2)c(C)c1. The van der Waals surface area contributed by atoms with Crippen LogP contribution in [0.25, 0.3) is 11.2 Å². The number of anilines is 1. The number of esters is 1. The Morgan fingerprint density at radius 3 is 2.47 bits per heavy atom. The van der Waals surface area contributed by atoms with Gasteiger partial charge in [0, 0.05) is 12.0 Å². The molecule has 60 heavy (non-hydrogen) atoms. The number of hydrogen-bond donors (Lipinski definition) is 2. The molecule has 2 aromatic heterocycles. The third-order valence-electron chi connectivity index (χ3n) is 9.93. The molecule has 2 aromatic carbocycles. The van der Waals surface area contributed by atoms with Crippen molar-refractivity contribution in [3.63, 3.8) is 0 Å². The molecule has 1 amide bonds. The summed E-state index contributed by atoms with van der Waals surface area (Å²) < 4.78 is 102. The van der Waals surface area contributed by atoms with Crippen LogP contribution in [0.4, 0.5) is 14.6 Å². The third-order valence-corrected chi connectivity index (χ3v) is 14.6.